The lowest BCUT2D eigenvalue weighted by atomic mass is 10.0. The third-order valence-electron chi connectivity index (χ3n) is 4.58. The Balaban J connectivity index is 1.52. The molecule has 0 heterocycles. The van der Waals surface area contributed by atoms with Gasteiger partial charge in [0.1, 0.15) is 11.5 Å². The lowest BCUT2D eigenvalue weighted by Crippen LogP contribution is -2.08. The van der Waals surface area contributed by atoms with Crippen molar-refractivity contribution in [1.82, 2.24) is 0 Å². The van der Waals surface area contributed by atoms with Crippen LogP contribution in [0.3, 0.4) is 0 Å². The highest BCUT2D eigenvalue weighted by molar-refractivity contribution is 5.91. The van der Waals surface area contributed by atoms with Gasteiger partial charge in [-0.3, -0.25) is 0 Å². The summed E-state index contributed by atoms with van der Waals surface area (Å²) in [6, 6.07) is 24.4. The summed E-state index contributed by atoms with van der Waals surface area (Å²) in [5, 5.41) is 8.77. The van der Waals surface area contributed by atoms with Gasteiger partial charge in [-0.05, 0) is 66.8 Å². The van der Waals surface area contributed by atoms with Crippen LogP contribution in [-0.2, 0) is 0 Å². The fourth-order valence-electron chi connectivity index (χ4n) is 2.95. The van der Waals surface area contributed by atoms with Crippen molar-refractivity contribution in [1.29, 1.82) is 0 Å². The molecule has 0 atom stereocenters. The molecule has 0 aliphatic rings. The molecule has 3 rings (SSSR count). The highest BCUT2D eigenvalue weighted by Gasteiger charge is 2.09. The summed E-state index contributed by atoms with van der Waals surface area (Å²) in [4.78, 5) is 12.2. The van der Waals surface area contributed by atoms with Crippen molar-refractivity contribution < 1.29 is 19.4 Å². The second-order valence-corrected chi connectivity index (χ2v) is 6.79. The van der Waals surface area contributed by atoms with Crippen LogP contribution < -0.4 is 9.47 Å². The Hall–Kier alpha value is -3.11. The van der Waals surface area contributed by atoms with Crippen molar-refractivity contribution >= 4 is 5.97 Å². The molecular formula is C25H26O4. The molecule has 29 heavy (non-hydrogen) atoms. The molecule has 0 saturated heterocycles. The third kappa shape index (κ3) is 6.47. The molecule has 0 aromatic heterocycles. The lowest BCUT2D eigenvalue weighted by Gasteiger charge is -2.08. The number of carbonyl (C=O) groups is 1. The minimum atomic E-state index is -0.370. The van der Waals surface area contributed by atoms with E-state index in [1.807, 2.05) is 54.6 Å². The number of benzene rings is 3. The lowest BCUT2D eigenvalue weighted by molar-refractivity contribution is 0.0735. The average molecular weight is 390 g/mol. The molecule has 0 amide bonds. The van der Waals surface area contributed by atoms with Crippen LogP contribution in [-0.4, -0.2) is 24.3 Å². The van der Waals surface area contributed by atoms with Gasteiger partial charge in [0.05, 0.1) is 12.2 Å². The number of para-hydroxylation sites is 1. The van der Waals surface area contributed by atoms with Crippen molar-refractivity contribution in [3.8, 4) is 22.6 Å². The van der Waals surface area contributed by atoms with Crippen molar-refractivity contribution in [3.63, 3.8) is 0 Å². The molecular weight excluding hydrogens is 364 g/mol. The first-order valence-corrected chi connectivity index (χ1v) is 9.97. The number of ether oxygens (including phenoxy) is 2. The number of unbranched alkanes of at least 4 members (excludes halogenated alkanes) is 3. The molecule has 4 heteroatoms. The first kappa shape index (κ1) is 20.6. The van der Waals surface area contributed by atoms with E-state index in [2.05, 4.69) is 0 Å². The molecule has 0 unspecified atom stereocenters. The summed E-state index contributed by atoms with van der Waals surface area (Å²) in [6.07, 6.45) is 3.95. The molecule has 0 aliphatic carbocycles. The van der Waals surface area contributed by atoms with E-state index in [1.54, 1.807) is 24.3 Å². The fraction of sp³-hybridized carbons (Fsp3) is 0.240. The van der Waals surface area contributed by atoms with E-state index in [9.17, 15) is 4.79 Å². The third-order valence-corrected chi connectivity index (χ3v) is 4.58. The number of hydrogen-bond donors (Lipinski definition) is 1. The van der Waals surface area contributed by atoms with Gasteiger partial charge in [-0.15, -0.1) is 0 Å². The SMILES string of the molecule is O=C(Oc1ccccc1)c1ccc(-c2ccc(OCCCCCCO)cc2)cc1. The Labute approximate surface area is 171 Å². The summed E-state index contributed by atoms with van der Waals surface area (Å²) < 4.78 is 11.1. The van der Waals surface area contributed by atoms with E-state index in [0.717, 1.165) is 42.6 Å². The Bertz CT molecular complexity index is 871. The van der Waals surface area contributed by atoms with E-state index in [4.69, 9.17) is 14.6 Å². The van der Waals surface area contributed by atoms with Crippen molar-refractivity contribution in [3.05, 3.63) is 84.4 Å². The summed E-state index contributed by atoms with van der Waals surface area (Å²) in [5.74, 6) is 1.01. The molecule has 0 spiro atoms. The monoisotopic (exact) mass is 390 g/mol. The number of esters is 1. The average Bonchev–Trinajstić information content (AvgIpc) is 2.77. The predicted molar refractivity (Wildman–Crippen MR) is 114 cm³/mol. The highest BCUT2D eigenvalue weighted by atomic mass is 16.5. The minimum absolute atomic E-state index is 0.261. The van der Waals surface area contributed by atoms with Gasteiger partial charge in [-0.2, -0.15) is 0 Å². The zero-order chi connectivity index (χ0) is 20.3. The summed E-state index contributed by atoms with van der Waals surface area (Å²) >= 11 is 0. The second-order valence-electron chi connectivity index (χ2n) is 6.79. The van der Waals surface area contributed by atoms with Crippen LogP contribution in [0.15, 0.2) is 78.9 Å². The van der Waals surface area contributed by atoms with Gasteiger partial charge in [-0.25, -0.2) is 4.79 Å². The van der Waals surface area contributed by atoms with Crippen LogP contribution >= 0.6 is 0 Å². The minimum Gasteiger partial charge on any atom is -0.494 e. The second kappa shape index (κ2) is 11.0. The zero-order valence-corrected chi connectivity index (χ0v) is 16.4. The van der Waals surface area contributed by atoms with Gasteiger partial charge in [0, 0.05) is 6.61 Å². The van der Waals surface area contributed by atoms with E-state index in [-0.39, 0.29) is 12.6 Å². The van der Waals surface area contributed by atoms with E-state index >= 15 is 0 Å². The number of rotatable bonds is 10. The maximum absolute atomic E-state index is 12.2. The van der Waals surface area contributed by atoms with Gasteiger partial charge in [0.2, 0.25) is 0 Å². The van der Waals surface area contributed by atoms with Crippen molar-refractivity contribution in [2.24, 2.45) is 0 Å². The molecule has 0 radical (unpaired) electrons. The van der Waals surface area contributed by atoms with Crippen LogP contribution in [0, 0.1) is 0 Å². The maximum atomic E-state index is 12.2. The molecule has 1 N–H and O–H groups in total. The van der Waals surface area contributed by atoms with Gasteiger partial charge < -0.3 is 14.6 Å². The fourth-order valence-corrected chi connectivity index (χ4v) is 2.95. The highest BCUT2D eigenvalue weighted by Crippen LogP contribution is 2.23. The Morgan fingerprint density at radius 2 is 1.31 bits per heavy atom. The van der Waals surface area contributed by atoms with Crippen LogP contribution in [0.25, 0.3) is 11.1 Å². The molecule has 0 bridgehead atoms. The summed E-state index contributed by atoms with van der Waals surface area (Å²) in [5.41, 5.74) is 2.60. The first-order valence-electron chi connectivity index (χ1n) is 9.97. The van der Waals surface area contributed by atoms with Gasteiger partial charge >= 0.3 is 5.97 Å². The van der Waals surface area contributed by atoms with E-state index < -0.39 is 0 Å². The number of hydrogen-bond acceptors (Lipinski definition) is 4. The van der Waals surface area contributed by atoms with Crippen LogP contribution in [0.1, 0.15) is 36.0 Å². The van der Waals surface area contributed by atoms with Crippen LogP contribution in [0.2, 0.25) is 0 Å². The van der Waals surface area contributed by atoms with Gasteiger partial charge in [0.15, 0.2) is 0 Å². The van der Waals surface area contributed by atoms with Crippen LogP contribution in [0.5, 0.6) is 11.5 Å². The summed E-state index contributed by atoms with van der Waals surface area (Å²) in [7, 11) is 0. The molecule has 0 aliphatic heterocycles. The Kier molecular flexibility index (Phi) is 7.84. The van der Waals surface area contributed by atoms with Gasteiger partial charge in [0.25, 0.3) is 0 Å². The Morgan fingerprint density at radius 3 is 1.97 bits per heavy atom. The molecule has 3 aromatic carbocycles. The molecule has 4 nitrogen and oxygen atoms in total. The maximum Gasteiger partial charge on any atom is 0.343 e. The number of aliphatic hydroxyl groups is 1. The molecule has 3 aromatic rings. The Morgan fingerprint density at radius 1 is 0.690 bits per heavy atom. The number of carbonyl (C=O) groups excluding carboxylic acids is 1. The number of aliphatic hydroxyl groups excluding tert-OH is 1. The zero-order valence-electron chi connectivity index (χ0n) is 16.4. The predicted octanol–water partition coefficient (Wildman–Crippen LogP) is 5.50. The smallest absolute Gasteiger partial charge is 0.343 e. The topological polar surface area (TPSA) is 55.8 Å². The molecule has 150 valence electrons. The summed E-state index contributed by atoms with van der Waals surface area (Å²) in [6.45, 7) is 0.945. The molecule has 0 saturated carbocycles. The quantitative estimate of drug-likeness (QED) is 0.282. The normalized spacial score (nSPS) is 10.5. The van der Waals surface area contributed by atoms with E-state index in [0.29, 0.717) is 17.9 Å². The van der Waals surface area contributed by atoms with Crippen molar-refractivity contribution in [2.45, 2.75) is 25.7 Å². The standard InChI is InChI=1S/C25H26O4/c26-18-6-1-2-7-19-28-23-16-14-21(15-17-23)20-10-12-22(13-11-20)25(27)29-24-8-4-3-5-9-24/h3-5,8-17,26H,1-2,6-7,18-19H2. The largest absolute Gasteiger partial charge is 0.494 e. The van der Waals surface area contributed by atoms with Crippen LogP contribution in [0.4, 0.5) is 0 Å². The van der Waals surface area contributed by atoms with E-state index in [1.165, 1.54) is 0 Å². The first-order chi connectivity index (χ1) is 14.3. The van der Waals surface area contributed by atoms with Gasteiger partial charge in [-0.1, -0.05) is 48.9 Å². The molecule has 0 fully saturated rings. The van der Waals surface area contributed by atoms with Crippen molar-refractivity contribution in [2.75, 3.05) is 13.2 Å².